The van der Waals surface area contributed by atoms with Crippen LogP contribution in [0.3, 0.4) is 0 Å². The van der Waals surface area contributed by atoms with Crippen LogP contribution in [0.4, 0.5) is 0 Å². The molecule has 0 aliphatic heterocycles. The summed E-state index contributed by atoms with van der Waals surface area (Å²) in [6.45, 7) is 3.34. The summed E-state index contributed by atoms with van der Waals surface area (Å²) in [5, 5.41) is 0. The molecule has 1 atom stereocenters. The molecule has 0 saturated heterocycles. The van der Waals surface area contributed by atoms with E-state index >= 15 is 0 Å². The van der Waals surface area contributed by atoms with Gasteiger partial charge in [0.25, 0.3) is 0 Å². The number of Topliss-reactive ketones (excluding diaryl/α,β-unsaturated/α-hetero) is 1. The van der Waals surface area contributed by atoms with Gasteiger partial charge in [-0.1, -0.05) is 37.3 Å². The van der Waals surface area contributed by atoms with Crippen molar-refractivity contribution in [1.29, 1.82) is 0 Å². The summed E-state index contributed by atoms with van der Waals surface area (Å²) >= 11 is 0. The third-order valence-corrected chi connectivity index (χ3v) is 2.58. The summed E-state index contributed by atoms with van der Waals surface area (Å²) in [5.74, 6) is -0.194. The Morgan fingerprint density at radius 2 is 1.88 bits per heavy atom. The van der Waals surface area contributed by atoms with Gasteiger partial charge in [0.05, 0.1) is 0 Å². The normalized spacial score (nSPS) is 11.9. The van der Waals surface area contributed by atoms with Crippen molar-refractivity contribution < 1.29 is 14.3 Å². The van der Waals surface area contributed by atoms with Gasteiger partial charge in [-0.25, -0.2) is 0 Å². The zero-order valence-corrected chi connectivity index (χ0v) is 10.3. The maximum Gasteiger partial charge on any atom is 0.302 e. The van der Waals surface area contributed by atoms with Crippen molar-refractivity contribution in [3.63, 3.8) is 0 Å². The first-order chi connectivity index (χ1) is 8.13. The van der Waals surface area contributed by atoms with Crippen molar-refractivity contribution in [2.24, 2.45) is 0 Å². The van der Waals surface area contributed by atoms with Gasteiger partial charge in [0.15, 0.2) is 5.78 Å². The highest BCUT2D eigenvalue weighted by Gasteiger charge is 2.13. The number of hydrogen-bond donors (Lipinski definition) is 0. The number of esters is 1. The molecule has 1 aromatic carbocycles. The maximum absolute atomic E-state index is 11.8. The molecule has 1 rings (SSSR count). The molecule has 0 aromatic heterocycles. The highest BCUT2D eigenvalue weighted by atomic mass is 16.5. The van der Waals surface area contributed by atoms with Crippen molar-refractivity contribution in [3.8, 4) is 0 Å². The largest absolute Gasteiger partial charge is 0.463 e. The average molecular weight is 234 g/mol. The van der Waals surface area contributed by atoms with Crippen molar-refractivity contribution >= 4 is 11.8 Å². The van der Waals surface area contributed by atoms with Gasteiger partial charge in [-0.15, -0.1) is 0 Å². The Morgan fingerprint density at radius 1 is 1.24 bits per heavy atom. The van der Waals surface area contributed by atoms with Crippen LogP contribution in [0.1, 0.15) is 43.5 Å². The van der Waals surface area contributed by atoms with E-state index in [4.69, 9.17) is 4.74 Å². The van der Waals surface area contributed by atoms with E-state index in [2.05, 4.69) is 0 Å². The Morgan fingerprint density at radius 3 is 2.41 bits per heavy atom. The highest BCUT2D eigenvalue weighted by Crippen LogP contribution is 2.11. The molecule has 1 aromatic rings. The fourth-order valence-electron chi connectivity index (χ4n) is 1.64. The third kappa shape index (κ3) is 4.81. The zero-order chi connectivity index (χ0) is 12.7. The summed E-state index contributed by atoms with van der Waals surface area (Å²) < 4.78 is 5.09. The van der Waals surface area contributed by atoms with Gasteiger partial charge in [0.1, 0.15) is 6.10 Å². The van der Waals surface area contributed by atoms with Crippen molar-refractivity contribution in [1.82, 2.24) is 0 Å². The van der Waals surface area contributed by atoms with Crippen molar-refractivity contribution in [2.45, 2.75) is 39.2 Å². The number of rotatable bonds is 6. The number of ketones is 1. The lowest BCUT2D eigenvalue weighted by Crippen LogP contribution is -2.16. The van der Waals surface area contributed by atoms with E-state index in [-0.39, 0.29) is 17.9 Å². The average Bonchev–Trinajstić information content (AvgIpc) is 2.34. The van der Waals surface area contributed by atoms with E-state index in [1.807, 2.05) is 25.1 Å². The van der Waals surface area contributed by atoms with Crippen molar-refractivity contribution in [3.05, 3.63) is 35.9 Å². The van der Waals surface area contributed by atoms with Crippen LogP contribution in [0.5, 0.6) is 0 Å². The summed E-state index contributed by atoms with van der Waals surface area (Å²) in [6, 6.07) is 9.17. The van der Waals surface area contributed by atoms with E-state index in [1.165, 1.54) is 6.92 Å². The standard InChI is InChI=1S/C14H18O3/c1-3-13(17-11(2)15)9-10-14(16)12-7-5-4-6-8-12/h4-8,13H,3,9-10H2,1-2H3. The van der Waals surface area contributed by atoms with E-state index < -0.39 is 0 Å². The SMILES string of the molecule is CCC(CCC(=O)c1ccccc1)OC(C)=O. The molecule has 0 spiro atoms. The third-order valence-electron chi connectivity index (χ3n) is 2.58. The molecule has 0 aliphatic rings. The molecule has 3 nitrogen and oxygen atoms in total. The Labute approximate surface area is 102 Å². The molecule has 0 radical (unpaired) electrons. The minimum atomic E-state index is -0.288. The summed E-state index contributed by atoms with van der Waals surface area (Å²) in [5.41, 5.74) is 0.713. The Hall–Kier alpha value is -1.64. The fourth-order valence-corrected chi connectivity index (χ4v) is 1.64. The second-order valence-corrected chi connectivity index (χ2v) is 3.97. The molecule has 0 fully saturated rings. The van der Waals surface area contributed by atoms with E-state index in [0.717, 1.165) is 6.42 Å². The van der Waals surface area contributed by atoms with Gasteiger partial charge < -0.3 is 4.74 Å². The van der Waals surface area contributed by atoms with Gasteiger partial charge in [0.2, 0.25) is 0 Å². The molecular formula is C14H18O3. The van der Waals surface area contributed by atoms with Crippen LogP contribution in [0, 0.1) is 0 Å². The maximum atomic E-state index is 11.8. The van der Waals surface area contributed by atoms with Crippen LogP contribution in [0.2, 0.25) is 0 Å². The molecule has 0 amide bonds. The first-order valence-corrected chi connectivity index (χ1v) is 5.89. The van der Waals surface area contributed by atoms with Crippen LogP contribution in [0.15, 0.2) is 30.3 Å². The van der Waals surface area contributed by atoms with Crippen LogP contribution >= 0.6 is 0 Å². The van der Waals surface area contributed by atoms with Gasteiger partial charge in [0, 0.05) is 18.9 Å². The Kier molecular flexibility index (Phi) is 5.40. The quantitative estimate of drug-likeness (QED) is 0.561. The highest BCUT2D eigenvalue weighted by molar-refractivity contribution is 5.95. The van der Waals surface area contributed by atoms with Crippen LogP contribution in [0.25, 0.3) is 0 Å². The predicted octanol–water partition coefficient (Wildman–Crippen LogP) is 2.99. The van der Waals surface area contributed by atoms with Crippen molar-refractivity contribution in [2.75, 3.05) is 0 Å². The number of hydrogen-bond acceptors (Lipinski definition) is 3. The Bertz CT molecular complexity index is 370. The molecule has 0 N–H and O–H groups in total. The number of carbonyl (C=O) groups excluding carboxylic acids is 2. The summed E-state index contributed by atoms with van der Waals surface area (Å²) in [7, 11) is 0. The van der Waals surface area contributed by atoms with E-state index in [0.29, 0.717) is 18.4 Å². The van der Waals surface area contributed by atoms with Crippen LogP contribution < -0.4 is 0 Å². The second kappa shape index (κ2) is 6.84. The molecule has 17 heavy (non-hydrogen) atoms. The van der Waals surface area contributed by atoms with Crippen LogP contribution in [-0.4, -0.2) is 17.9 Å². The summed E-state index contributed by atoms with van der Waals surface area (Å²) in [4.78, 5) is 22.6. The molecule has 0 heterocycles. The molecule has 0 aliphatic carbocycles. The van der Waals surface area contributed by atoms with Gasteiger partial charge >= 0.3 is 5.97 Å². The van der Waals surface area contributed by atoms with Gasteiger partial charge in [-0.05, 0) is 12.8 Å². The molecular weight excluding hydrogens is 216 g/mol. The van der Waals surface area contributed by atoms with Gasteiger partial charge in [-0.2, -0.15) is 0 Å². The lowest BCUT2D eigenvalue weighted by molar-refractivity contribution is -0.146. The monoisotopic (exact) mass is 234 g/mol. The Balaban J connectivity index is 2.44. The summed E-state index contributed by atoms with van der Waals surface area (Å²) in [6.07, 6.45) is 1.58. The minimum Gasteiger partial charge on any atom is -0.463 e. The van der Waals surface area contributed by atoms with Gasteiger partial charge in [-0.3, -0.25) is 9.59 Å². The zero-order valence-electron chi connectivity index (χ0n) is 10.3. The molecule has 1 unspecified atom stereocenters. The number of ether oxygens (including phenoxy) is 1. The minimum absolute atomic E-state index is 0.0937. The molecule has 92 valence electrons. The lowest BCUT2D eigenvalue weighted by Gasteiger charge is -2.14. The lowest BCUT2D eigenvalue weighted by atomic mass is 10.0. The molecule has 3 heteroatoms. The fraction of sp³-hybridized carbons (Fsp3) is 0.429. The smallest absolute Gasteiger partial charge is 0.302 e. The topological polar surface area (TPSA) is 43.4 Å². The molecule has 0 bridgehead atoms. The predicted molar refractivity (Wildman–Crippen MR) is 65.9 cm³/mol. The first kappa shape index (κ1) is 13.4. The number of benzene rings is 1. The first-order valence-electron chi connectivity index (χ1n) is 5.89. The second-order valence-electron chi connectivity index (χ2n) is 3.97. The number of carbonyl (C=O) groups is 2. The molecule has 0 saturated carbocycles. The van der Waals surface area contributed by atoms with E-state index in [9.17, 15) is 9.59 Å². The van der Waals surface area contributed by atoms with Crippen LogP contribution in [-0.2, 0) is 9.53 Å². The van der Waals surface area contributed by atoms with E-state index in [1.54, 1.807) is 12.1 Å².